The molecule has 0 aromatic carbocycles. The van der Waals surface area contributed by atoms with E-state index in [2.05, 4.69) is 5.32 Å². The Morgan fingerprint density at radius 1 is 0.773 bits per heavy atom. The van der Waals surface area contributed by atoms with E-state index in [9.17, 15) is 19.2 Å². The van der Waals surface area contributed by atoms with Crippen molar-refractivity contribution >= 4 is 23.9 Å². The Kier molecular flexibility index (Phi) is 4.92. The maximum atomic E-state index is 11.1. The summed E-state index contributed by atoms with van der Waals surface area (Å²) < 4.78 is 0. The summed E-state index contributed by atoms with van der Waals surface area (Å²) in [7, 11) is 0. The summed E-state index contributed by atoms with van der Waals surface area (Å²) in [5.74, 6) is -10.2. The fourth-order valence-corrected chi connectivity index (χ4v) is 2.36. The fourth-order valence-electron chi connectivity index (χ4n) is 2.36. The zero-order chi connectivity index (χ0) is 17.2. The van der Waals surface area contributed by atoms with E-state index < -0.39 is 35.7 Å². The zero-order valence-electron chi connectivity index (χ0n) is 11.8. The molecule has 1 rings (SSSR count). The van der Waals surface area contributed by atoms with Crippen molar-refractivity contribution in [1.82, 2.24) is 5.32 Å². The van der Waals surface area contributed by atoms with Crippen molar-refractivity contribution in [3.05, 3.63) is 22.5 Å². The summed E-state index contributed by atoms with van der Waals surface area (Å²) in [6, 6.07) is 0. The van der Waals surface area contributed by atoms with Gasteiger partial charge in [0.2, 0.25) is 0 Å². The predicted molar refractivity (Wildman–Crippen MR) is 70.7 cm³/mol. The van der Waals surface area contributed by atoms with Crippen molar-refractivity contribution in [1.29, 1.82) is 0 Å². The smallest absolute Gasteiger partial charge is 0.322 e. The van der Waals surface area contributed by atoms with Crippen LogP contribution in [0.1, 0.15) is 20.3 Å². The van der Waals surface area contributed by atoms with Crippen LogP contribution in [0.15, 0.2) is 22.5 Å². The molecule has 0 saturated carbocycles. The Bertz CT molecular complexity index is 536. The molecule has 0 aromatic rings. The van der Waals surface area contributed by atoms with Crippen molar-refractivity contribution in [2.45, 2.75) is 20.3 Å². The number of carbonyl (C=O) groups is 4. The zero-order valence-corrected chi connectivity index (χ0v) is 11.8. The van der Waals surface area contributed by atoms with Gasteiger partial charge in [-0.05, 0) is 31.4 Å². The largest absolute Gasteiger partial charge is 0.480 e. The molecule has 0 aliphatic carbocycles. The molecule has 0 fully saturated rings. The lowest BCUT2D eigenvalue weighted by molar-refractivity contribution is -0.153. The van der Waals surface area contributed by atoms with Gasteiger partial charge < -0.3 is 25.7 Å². The van der Waals surface area contributed by atoms with Crippen LogP contribution in [-0.2, 0) is 19.2 Å². The third-order valence-corrected chi connectivity index (χ3v) is 3.40. The van der Waals surface area contributed by atoms with Crippen LogP contribution in [0.4, 0.5) is 0 Å². The van der Waals surface area contributed by atoms with E-state index in [1.54, 1.807) is 0 Å². The monoisotopic (exact) mass is 313 g/mol. The van der Waals surface area contributed by atoms with Crippen molar-refractivity contribution in [2.75, 3.05) is 0 Å². The highest BCUT2D eigenvalue weighted by Crippen LogP contribution is 2.33. The lowest BCUT2D eigenvalue weighted by Gasteiger charge is -2.27. The quantitative estimate of drug-likeness (QED) is 0.428. The lowest BCUT2D eigenvalue weighted by Crippen LogP contribution is -2.35. The van der Waals surface area contributed by atoms with Crippen molar-refractivity contribution in [3.8, 4) is 0 Å². The number of rotatable bonds is 6. The molecule has 1 aliphatic rings. The van der Waals surface area contributed by atoms with Crippen molar-refractivity contribution < 1.29 is 39.6 Å². The highest BCUT2D eigenvalue weighted by atomic mass is 16.4. The molecule has 0 spiro atoms. The van der Waals surface area contributed by atoms with Crippen LogP contribution in [0.3, 0.4) is 0 Å². The maximum absolute atomic E-state index is 11.1. The van der Waals surface area contributed by atoms with Crippen LogP contribution in [0.2, 0.25) is 0 Å². The second-order valence-corrected chi connectivity index (χ2v) is 4.82. The van der Waals surface area contributed by atoms with Gasteiger partial charge in [0.15, 0.2) is 11.8 Å². The number of dihydropyridines is 1. The summed E-state index contributed by atoms with van der Waals surface area (Å²) in [5.41, 5.74) is 0.359. The second kappa shape index (κ2) is 6.29. The van der Waals surface area contributed by atoms with E-state index in [-0.39, 0.29) is 29.0 Å². The molecule has 9 heteroatoms. The Morgan fingerprint density at radius 3 is 1.27 bits per heavy atom. The summed E-state index contributed by atoms with van der Waals surface area (Å²) in [4.78, 5) is 44.5. The van der Waals surface area contributed by atoms with E-state index in [1.165, 1.54) is 13.8 Å². The number of allylic oxidation sites excluding steroid dienone is 2. The molecule has 0 amide bonds. The van der Waals surface area contributed by atoms with Gasteiger partial charge in [-0.2, -0.15) is 0 Å². The van der Waals surface area contributed by atoms with Gasteiger partial charge in [-0.3, -0.25) is 19.2 Å². The van der Waals surface area contributed by atoms with Gasteiger partial charge in [0, 0.05) is 11.4 Å². The first-order valence-corrected chi connectivity index (χ1v) is 6.15. The molecule has 0 atom stereocenters. The van der Waals surface area contributed by atoms with Crippen LogP contribution < -0.4 is 5.32 Å². The minimum atomic E-state index is -1.88. The third-order valence-electron chi connectivity index (χ3n) is 3.40. The molecule has 0 radical (unpaired) electrons. The molecule has 9 nitrogen and oxygen atoms in total. The first-order chi connectivity index (χ1) is 10.1. The third kappa shape index (κ3) is 3.25. The normalized spacial score (nSPS) is 15.1. The summed E-state index contributed by atoms with van der Waals surface area (Å²) >= 11 is 0. The van der Waals surface area contributed by atoms with E-state index in [4.69, 9.17) is 20.4 Å². The molecular weight excluding hydrogens is 298 g/mol. The van der Waals surface area contributed by atoms with Gasteiger partial charge in [0.25, 0.3) is 0 Å². The Balaban J connectivity index is 3.30. The highest BCUT2D eigenvalue weighted by Gasteiger charge is 2.39. The van der Waals surface area contributed by atoms with Crippen molar-refractivity contribution in [3.63, 3.8) is 0 Å². The Labute approximate surface area is 124 Å². The first kappa shape index (κ1) is 17.2. The van der Waals surface area contributed by atoms with Gasteiger partial charge in [-0.1, -0.05) is 0 Å². The van der Waals surface area contributed by atoms with Crippen LogP contribution in [-0.4, -0.2) is 44.3 Å². The van der Waals surface area contributed by atoms with Gasteiger partial charge in [0.05, 0.1) is 0 Å². The average molecular weight is 313 g/mol. The number of carboxylic acids is 4. The lowest BCUT2D eigenvalue weighted by atomic mass is 9.83. The van der Waals surface area contributed by atoms with Crippen LogP contribution >= 0.6 is 0 Å². The molecule has 5 N–H and O–H groups in total. The minimum absolute atomic E-state index is 0.0758. The number of hydrogen-bond acceptors (Lipinski definition) is 5. The predicted octanol–water partition coefficient (Wildman–Crippen LogP) is 0.0985. The first-order valence-electron chi connectivity index (χ1n) is 6.15. The number of carboxylic acid groups (broad SMARTS) is 4. The van der Waals surface area contributed by atoms with Gasteiger partial charge in [0.1, 0.15) is 0 Å². The topological polar surface area (TPSA) is 161 Å². The molecule has 1 heterocycles. The summed E-state index contributed by atoms with van der Waals surface area (Å²) in [5, 5.41) is 38.8. The standard InChI is InChI=1S/C13H15NO8/c1-4-6(8(10(15)16)11(17)18)3-7(5(2)14-4)9(12(19)20)13(21)22/h8-9,14H,3H2,1-2H3,(H,15,16)(H,17,18)(H,19,20)(H,21,22). The second-order valence-electron chi connectivity index (χ2n) is 4.82. The molecule has 1 aliphatic heterocycles. The maximum Gasteiger partial charge on any atom is 0.322 e. The number of aliphatic carboxylic acids is 4. The Hall–Kier alpha value is -2.84. The van der Waals surface area contributed by atoms with E-state index in [0.29, 0.717) is 0 Å². The van der Waals surface area contributed by atoms with E-state index >= 15 is 0 Å². The average Bonchev–Trinajstić information content (AvgIpc) is 2.32. The van der Waals surface area contributed by atoms with Gasteiger partial charge in [-0.15, -0.1) is 0 Å². The highest BCUT2D eigenvalue weighted by molar-refractivity contribution is 5.98. The van der Waals surface area contributed by atoms with Crippen LogP contribution in [0, 0.1) is 11.8 Å². The molecule has 120 valence electrons. The Morgan fingerprint density at radius 2 is 1.05 bits per heavy atom. The van der Waals surface area contributed by atoms with Crippen LogP contribution in [0.25, 0.3) is 0 Å². The van der Waals surface area contributed by atoms with Crippen LogP contribution in [0.5, 0.6) is 0 Å². The number of hydrogen-bond donors (Lipinski definition) is 5. The molecule has 0 saturated heterocycles. The summed E-state index contributed by atoms with van der Waals surface area (Å²) in [6.45, 7) is 2.90. The fraction of sp³-hybridized carbons (Fsp3) is 0.385. The number of nitrogens with one attached hydrogen (secondary N) is 1. The summed E-state index contributed by atoms with van der Waals surface area (Å²) in [6.07, 6.45) is -0.350. The van der Waals surface area contributed by atoms with Gasteiger partial charge in [-0.25, -0.2) is 0 Å². The molecule has 0 unspecified atom stereocenters. The van der Waals surface area contributed by atoms with E-state index in [0.717, 1.165) is 0 Å². The molecular formula is C13H15NO8. The van der Waals surface area contributed by atoms with Gasteiger partial charge >= 0.3 is 23.9 Å². The minimum Gasteiger partial charge on any atom is -0.480 e. The molecule has 0 bridgehead atoms. The van der Waals surface area contributed by atoms with Crippen molar-refractivity contribution in [2.24, 2.45) is 11.8 Å². The van der Waals surface area contributed by atoms with E-state index in [1.807, 2.05) is 0 Å². The SMILES string of the molecule is CC1=C(C(C(=O)O)C(=O)O)CC(C(C(=O)O)C(=O)O)=C(C)N1. The molecule has 0 aromatic heterocycles. The molecule has 22 heavy (non-hydrogen) atoms.